The maximum absolute atomic E-state index is 12.7. The van der Waals surface area contributed by atoms with Gasteiger partial charge in [-0.05, 0) is 48.6 Å². The number of hydrazone groups is 1. The summed E-state index contributed by atoms with van der Waals surface area (Å²) in [6.07, 6.45) is 6.41. The van der Waals surface area contributed by atoms with Crippen LogP contribution < -0.4 is 5.43 Å². The number of piperazine rings is 1. The van der Waals surface area contributed by atoms with Gasteiger partial charge in [0.25, 0.3) is 5.91 Å². The van der Waals surface area contributed by atoms with Crippen molar-refractivity contribution in [3.05, 3.63) is 59.0 Å². The highest BCUT2D eigenvalue weighted by Crippen LogP contribution is 2.20. The normalized spacial score (nSPS) is 16.6. The molecule has 154 valence electrons. The fourth-order valence-corrected chi connectivity index (χ4v) is 4.48. The number of carbonyl (C=O) groups excluding carboxylic acids is 1. The molecule has 0 saturated carbocycles. The first-order valence-electron chi connectivity index (χ1n) is 8.95. The molecular formula is C19H21BrN4O4S. The molecule has 0 bridgehead atoms. The molecule has 1 aromatic heterocycles. The number of amides is 1. The quantitative estimate of drug-likeness (QED) is 0.483. The van der Waals surface area contributed by atoms with Crippen molar-refractivity contribution in [3.8, 4) is 0 Å². The molecule has 1 aliphatic heterocycles. The molecule has 0 radical (unpaired) electrons. The van der Waals surface area contributed by atoms with Crippen molar-refractivity contribution in [1.29, 1.82) is 0 Å². The zero-order valence-electron chi connectivity index (χ0n) is 15.6. The van der Waals surface area contributed by atoms with E-state index in [0.717, 1.165) is 4.47 Å². The Hall–Kier alpha value is -2.27. The van der Waals surface area contributed by atoms with E-state index in [-0.39, 0.29) is 17.3 Å². The second kappa shape index (κ2) is 9.97. The monoisotopic (exact) mass is 480 g/mol. The number of nitrogens with one attached hydrogen (secondary N) is 1. The summed E-state index contributed by atoms with van der Waals surface area (Å²) in [7, 11) is -3.52. The Bertz CT molecular complexity index is 964. The van der Waals surface area contributed by atoms with E-state index in [1.54, 1.807) is 54.8 Å². The van der Waals surface area contributed by atoms with Gasteiger partial charge in [-0.1, -0.05) is 15.9 Å². The minimum absolute atomic E-state index is 0.158. The first kappa shape index (κ1) is 21.4. The number of benzene rings is 1. The Morgan fingerprint density at radius 1 is 1.17 bits per heavy atom. The number of sulfonamides is 1. The average molecular weight is 481 g/mol. The predicted molar refractivity (Wildman–Crippen MR) is 114 cm³/mol. The molecule has 3 rings (SSSR count). The van der Waals surface area contributed by atoms with Crippen molar-refractivity contribution in [2.75, 3.05) is 32.7 Å². The van der Waals surface area contributed by atoms with Gasteiger partial charge in [0.15, 0.2) is 0 Å². The molecule has 0 atom stereocenters. The lowest BCUT2D eigenvalue weighted by Gasteiger charge is -2.33. The van der Waals surface area contributed by atoms with Gasteiger partial charge in [0.2, 0.25) is 10.0 Å². The van der Waals surface area contributed by atoms with E-state index in [2.05, 4.69) is 26.5 Å². The summed E-state index contributed by atoms with van der Waals surface area (Å²) in [5, 5.41) is 3.85. The molecule has 1 amide bonds. The second-order valence-corrected chi connectivity index (χ2v) is 9.18. The highest BCUT2D eigenvalue weighted by Gasteiger charge is 2.28. The molecule has 10 heteroatoms. The number of halogens is 1. The van der Waals surface area contributed by atoms with Gasteiger partial charge in [-0.15, -0.1) is 0 Å². The van der Waals surface area contributed by atoms with Crippen LogP contribution in [0.4, 0.5) is 0 Å². The van der Waals surface area contributed by atoms with Crippen LogP contribution in [-0.2, 0) is 14.8 Å². The number of hydrogen-bond donors (Lipinski definition) is 1. The van der Waals surface area contributed by atoms with Crippen molar-refractivity contribution in [3.63, 3.8) is 0 Å². The number of rotatable bonds is 7. The van der Waals surface area contributed by atoms with Gasteiger partial charge in [0, 0.05) is 36.9 Å². The van der Waals surface area contributed by atoms with E-state index in [4.69, 9.17) is 4.42 Å². The summed E-state index contributed by atoms with van der Waals surface area (Å²) < 4.78 is 32.8. The van der Waals surface area contributed by atoms with Crippen molar-refractivity contribution in [1.82, 2.24) is 14.6 Å². The Balaban J connectivity index is 1.43. The van der Waals surface area contributed by atoms with Crippen molar-refractivity contribution >= 4 is 44.2 Å². The van der Waals surface area contributed by atoms with Crippen LogP contribution in [0.2, 0.25) is 0 Å². The fraction of sp³-hybridized carbons (Fsp3) is 0.263. The van der Waals surface area contributed by atoms with E-state index in [9.17, 15) is 13.2 Å². The van der Waals surface area contributed by atoms with Gasteiger partial charge in [-0.25, -0.2) is 13.8 Å². The number of furan rings is 1. The summed E-state index contributed by atoms with van der Waals surface area (Å²) in [5.74, 6) is 0.440. The van der Waals surface area contributed by atoms with Crippen LogP contribution in [0.1, 0.15) is 5.76 Å². The summed E-state index contributed by atoms with van der Waals surface area (Å²) in [4.78, 5) is 14.2. The van der Waals surface area contributed by atoms with Crippen LogP contribution in [-0.4, -0.2) is 62.5 Å². The second-order valence-electron chi connectivity index (χ2n) is 6.32. The third-order valence-electron chi connectivity index (χ3n) is 4.30. The summed E-state index contributed by atoms with van der Waals surface area (Å²) in [6, 6.07) is 10.2. The van der Waals surface area contributed by atoms with Crippen LogP contribution in [0.25, 0.3) is 6.08 Å². The van der Waals surface area contributed by atoms with Crippen LogP contribution in [0, 0.1) is 0 Å². The largest absolute Gasteiger partial charge is 0.465 e. The predicted octanol–water partition coefficient (Wildman–Crippen LogP) is 2.16. The topological polar surface area (TPSA) is 95.2 Å². The molecule has 1 fully saturated rings. The molecule has 0 unspecified atom stereocenters. The van der Waals surface area contributed by atoms with E-state index in [1.807, 2.05) is 4.90 Å². The van der Waals surface area contributed by atoms with Crippen molar-refractivity contribution in [2.45, 2.75) is 4.90 Å². The Labute approximate surface area is 178 Å². The highest BCUT2D eigenvalue weighted by atomic mass is 79.9. The minimum atomic E-state index is -3.52. The molecule has 1 saturated heterocycles. The molecule has 29 heavy (non-hydrogen) atoms. The number of hydrogen-bond acceptors (Lipinski definition) is 6. The first-order chi connectivity index (χ1) is 13.9. The Kier molecular flexibility index (Phi) is 7.37. The molecule has 1 aromatic carbocycles. The van der Waals surface area contributed by atoms with E-state index in [0.29, 0.717) is 31.9 Å². The fourth-order valence-electron chi connectivity index (χ4n) is 2.80. The van der Waals surface area contributed by atoms with Gasteiger partial charge < -0.3 is 4.42 Å². The highest BCUT2D eigenvalue weighted by molar-refractivity contribution is 9.10. The zero-order valence-corrected chi connectivity index (χ0v) is 18.0. The molecule has 1 aliphatic rings. The summed E-state index contributed by atoms with van der Waals surface area (Å²) in [6.45, 7) is 1.78. The lowest BCUT2D eigenvalue weighted by molar-refractivity contribution is -0.122. The van der Waals surface area contributed by atoms with Crippen LogP contribution in [0.5, 0.6) is 0 Å². The SMILES string of the molecule is O=C(CN1CCN(S(=O)(=O)c2ccc(Br)cc2)CC1)N/N=C/C=C/c1ccco1. The number of carbonyl (C=O) groups is 1. The van der Waals surface area contributed by atoms with Crippen LogP contribution >= 0.6 is 15.9 Å². The average Bonchev–Trinajstić information content (AvgIpc) is 3.22. The maximum Gasteiger partial charge on any atom is 0.254 e. The lowest BCUT2D eigenvalue weighted by Crippen LogP contribution is -2.50. The Morgan fingerprint density at radius 2 is 1.90 bits per heavy atom. The Morgan fingerprint density at radius 3 is 2.55 bits per heavy atom. The third kappa shape index (κ3) is 6.10. The van der Waals surface area contributed by atoms with Gasteiger partial charge in [-0.2, -0.15) is 9.41 Å². The van der Waals surface area contributed by atoms with E-state index >= 15 is 0 Å². The minimum Gasteiger partial charge on any atom is -0.465 e. The van der Waals surface area contributed by atoms with E-state index < -0.39 is 10.0 Å². The van der Waals surface area contributed by atoms with Crippen molar-refractivity contribution in [2.24, 2.45) is 5.10 Å². The first-order valence-corrected chi connectivity index (χ1v) is 11.2. The molecule has 1 N–H and O–H groups in total. The van der Waals surface area contributed by atoms with Gasteiger partial charge in [0.05, 0.1) is 17.7 Å². The molecule has 2 heterocycles. The molecule has 0 aliphatic carbocycles. The van der Waals surface area contributed by atoms with Gasteiger partial charge in [-0.3, -0.25) is 9.69 Å². The number of allylic oxidation sites excluding steroid dienone is 1. The smallest absolute Gasteiger partial charge is 0.254 e. The summed E-state index contributed by atoms with van der Waals surface area (Å²) in [5.41, 5.74) is 2.45. The maximum atomic E-state index is 12.7. The lowest BCUT2D eigenvalue weighted by atomic mass is 10.3. The standard InChI is InChI=1S/C19H21BrN4O4S/c20-16-5-7-18(8-6-16)29(26,27)24-12-10-23(11-13-24)15-19(25)22-21-9-1-3-17-4-2-14-28-17/h1-9,14H,10-13,15H2,(H,22,25)/b3-1+,21-9+. The zero-order chi connectivity index (χ0) is 20.7. The number of nitrogens with zero attached hydrogens (tertiary/aromatic N) is 3. The van der Waals surface area contributed by atoms with Crippen molar-refractivity contribution < 1.29 is 17.6 Å². The van der Waals surface area contributed by atoms with Gasteiger partial charge in [0.1, 0.15) is 5.76 Å². The van der Waals surface area contributed by atoms with E-state index in [1.165, 1.54) is 10.5 Å². The molecule has 0 spiro atoms. The van der Waals surface area contributed by atoms with Gasteiger partial charge >= 0.3 is 0 Å². The molecular weight excluding hydrogens is 460 g/mol. The molecule has 2 aromatic rings. The summed E-state index contributed by atoms with van der Waals surface area (Å²) >= 11 is 3.30. The molecule has 8 nitrogen and oxygen atoms in total. The van der Waals surface area contributed by atoms with Crippen LogP contribution in [0.15, 0.2) is 67.6 Å². The van der Waals surface area contributed by atoms with Crippen LogP contribution in [0.3, 0.4) is 0 Å². The third-order valence-corrected chi connectivity index (χ3v) is 6.74.